The van der Waals surface area contributed by atoms with Crippen LogP contribution in [0.2, 0.25) is 10.0 Å². The number of hydrogen-bond acceptors (Lipinski definition) is 5. The van der Waals surface area contributed by atoms with Crippen molar-refractivity contribution in [2.24, 2.45) is 0 Å². The summed E-state index contributed by atoms with van der Waals surface area (Å²) in [5.74, 6) is -0.527. The highest BCUT2D eigenvalue weighted by Gasteiger charge is 2.34. The van der Waals surface area contributed by atoms with Crippen LogP contribution >= 0.6 is 23.2 Å². The highest BCUT2D eigenvalue weighted by atomic mass is 35.5. The monoisotopic (exact) mass is 457 g/mol. The largest absolute Gasteiger partial charge is 0.421 e. The maximum Gasteiger partial charge on any atom is 0.343 e. The molecule has 0 spiro atoms. The third-order valence-electron chi connectivity index (χ3n) is 4.46. The Morgan fingerprint density at radius 2 is 1.69 bits per heavy atom. The van der Waals surface area contributed by atoms with Gasteiger partial charge in [0, 0.05) is 13.1 Å². The summed E-state index contributed by atoms with van der Waals surface area (Å²) < 4.78 is 38.6. The number of rotatable bonds is 4. The van der Waals surface area contributed by atoms with Gasteiger partial charge in [0.25, 0.3) is 0 Å². The molecule has 0 bridgehead atoms. The lowest BCUT2D eigenvalue weighted by Crippen LogP contribution is -2.48. The normalized spacial score (nSPS) is 20.4. The molecule has 0 aliphatic carbocycles. The van der Waals surface area contributed by atoms with Crippen LogP contribution in [0, 0.1) is 6.92 Å². The van der Waals surface area contributed by atoms with Crippen molar-refractivity contribution in [2.45, 2.75) is 37.9 Å². The molecule has 1 aliphatic heterocycles. The van der Waals surface area contributed by atoms with Gasteiger partial charge in [0.1, 0.15) is 10.6 Å². The molecule has 1 heterocycles. The molecule has 2 aromatic rings. The first kappa shape index (κ1) is 22.1. The SMILES string of the molecule is Cc1ccc(Cl)c(OC(=O)c2ccc(Cl)c(S(=O)(=O)N3CC(C)OC(C)C3)c2)c1. The Labute approximate surface area is 180 Å². The zero-order valence-corrected chi connectivity index (χ0v) is 18.5. The first-order valence-corrected chi connectivity index (χ1v) is 11.2. The van der Waals surface area contributed by atoms with Gasteiger partial charge in [0.15, 0.2) is 0 Å². The van der Waals surface area contributed by atoms with Crippen LogP contribution in [0.1, 0.15) is 29.8 Å². The summed E-state index contributed by atoms with van der Waals surface area (Å²) in [7, 11) is -3.91. The molecule has 1 saturated heterocycles. The molecule has 1 fully saturated rings. The van der Waals surface area contributed by atoms with Gasteiger partial charge in [0.05, 0.1) is 27.8 Å². The van der Waals surface area contributed by atoms with Crippen LogP contribution in [0.5, 0.6) is 5.75 Å². The van der Waals surface area contributed by atoms with Crippen molar-refractivity contribution in [3.8, 4) is 5.75 Å². The number of sulfonamides is 1. The van der Waals surface area contributed by atoms with Crippen LogP contribution in [0.25, 0.3) is 0 Å². The fourth-order valence-corrected chi connectivity index (χ4v) is 5.39. The standard InChI is InChI=1S/C20H21Cl2NO5S/c1-12-4-6-16(21)18(8-12)28-20(24)15-5-7-17(22)19(9-15)29(25,26)23-10-13(2)27-14(3)11-23/h4-9,13-14H,10-11H2,1-3H3. The maximum absolute atomic E-state index is 13.1. The lowest BCUT2D eigenvalue weighted by molar-refractivity contribution is -0.0440. The van der Waals surface area contributed by atoms with Gasteiger partial charge < -0.3 is 9.47 Å². The van der Waals surface area contributed by atoms with Crippen LogP contribution in [0.15, 0.2) is 41.3 Å². The highest BCUT2D eigenvalue weighted by molar-refractivity contribution is 7.89. The quantitative estimate of drug-likeness (QED) is 0.504. The summed E-state index contributed by atoms with van der Waals surface area (Å²) in [6, 6.07) is 9.06. The van der Waals surface area contributed by atoms with E-state index in [1.165, 1.54) is 22.5 Å². The molecule has 29 heavy (non-hydrogen) atoms. The summed E-state index contributed by atoms with van der Waals surface area (Å²) in [5, 5.41) is 0.309. The summed E-state index contributed by atoms with van der Waals surface area (Å²) in [6.07, 6.45) is -0.493. The Bertz CT molecular complexity index is 1030. The first-order chi connectivity index (χ1) is 13.6. The number of aryl methyl sites for hydroxylation is 1. The predicted octanol–water partition coefficient (Wildman–Crippen LogP) is 4.32. The van der Waals surface area contributed by atoms with E-state index >= 15 is 0 Å². The van der Waals surface area contributed by atoms with Crippen LogP contribution in [0.4, 0.5) is 0 Å². The van der Waals surface area contributed by atoms with Gasteiger partial charge in [-0.2, -0.15) is 4.31 Å². The fraction of sp³-hybridized carbons (Fsp3) is 0.350. The van der Waals surface area contributed by atoms with Crippen LogP contribution < -0.4 is 4.74 Å². The van der Waals surface area contributed by atoms with E-state index in [1.54, 1.807) is 32.0 Å². The molecule has 0 N–H and O–H groups in total. The molecule has 0 amide bonds. The first-order valence-electron chi connectivity index (χ1n) is 9.01. The molecule has 0 radical (unpaired) electrons. The van der Waals surface area contributed by atoms with E-state index in [9.17, 15) is 13.2 Å². The molecule has 0 aromatic heterocycles. The minimum absolute atomic E-state index is 0.0296. The second kappa shape index (κ2) is 8.62. The number of esters is 1. The molecular formula is C20H21Cl2NO5S. The van der Waals surface area contributed by atoms with Crippen molar-refractivity contribution in [3.63, 3.8) is 0 Å². The van der Waals surface area contributed by atoms with E-state index in [4.69, 9.17) is 32.7 Å². The number of nitrogens with zero attached hydrogens (tertiary/aromatic N) is 1. The molecule has 3 rings (SSSR count). The minimum Gasteiger partial charge on any atom is -0.421 e. The molecule has 1 aliphatic rings. The van der Waals surface area contributed by atoms with Crippen LogP contribution in [-0.2, 0) is 14.8 Å². The molecule has 2 unspecified atom stereocenters. The number of hydrogen-bond donors (Lipinski definition) is 0. The van der Waals surface area contributed by atoms with Crippen molar-refractivity contribution < 1.29 is 22.7 Å². The van der Waals surface area contributed by atoms with Gasteiger partial charge in [-0.3, -0.25) is 0 Å². The molecule has 156 valence electrons. The fourth-order valence-electron chi connectivity index (χ4n) is 3.14. The number of morpholine rings is 1. The average molecular weight is 458 g/mol. The van der Waals surface area contributed by atoms with Crippen LogP contribution in [-0.4, -0.2) is 44.0 Å². The third-order valence-corrected chi connectivity index (χ3v) is 7.09. The van der Waals surface area contributed by atoms with Crippen LogP contribution in [0.3, 0.4) is 0 Å². The maximum atomic E-state index is 13.1. The second-order valence-electron chi connectivity index (χ2n) is 7.05. The number of carbonyl (C=O) groups is 1. The number of carbonyl (C=O) groups excluding carboxylic acids is 1. The lowest BCUT2D eigenvalue weighted by atomic mass is 10.2. The molecule has 2 atom stereocenters. The Morgan fingerprint density at radius 3 is 2.34 bits per heavy atom. The molecular weight excluding hydrogens is 437 g/mol. The molecule has 6 nitrogen and oxygen atoms in total. The van der Waals surface area contributed by atoms with Gasteiger partial charge in [-0.15, -0.1) is 0 Å². The van der Waals surface area contributed by atoms with Gasteiger partial charge in [-0.05, 0) is 56.7 Å². The summed E-state index contributed by atoms with van der Waals surface area (Å²) >= 11 is 12.2. The minimum atomic E-state index is -3.91. The van der Waals surface area contributed by atoms with Gasteiger partial charge in [-0.1, -0.05) is 29.3 Å². The van der Waals surface area contributed by atoms with E-state index in [2.05, 4.69) is 0 Å². The average Bonchev–Trinajstić information content (AvgIpc) is 2.64. The van der Waals surface area contributed by atoms with E-state index in [1.807, 2.05) is 6.92 Å². The van der Waals surface area contributed by atoms with Gasteiger partial charge in [-0.25, -0.2) is 13.2 Å². The van der Waals surface area contributed by atoms with E-state index in [0.29, 0.717) is 0 Å². The predicted molar refractivity (Wildman–Crippen MR) is 111 cm³/mol. The van der Waals surface area contributed by atoms with Gasteiger partial charge in [0.2, 0.25) is 10.0 Å². The Kier molecular flexibility index (Phi) is 6.55. The number of benzene rings is 2. The summed E-state index contributed by atoms with van der Waals surface area (Å²) in [6.45, 7) is 5.86. The lowest BCUT2D eigenvalue weighted by Gasteiger charge is -2.34. The smallest absolute Gasteiger partial charge is 0.343 e. The zero-order chi connectivity index (χ0) is 21.3. The van der Waals surface area contributed by atoms with E-state index < -0.39 is 16.0 Å². The second-order valence-corrected chi connectivity index (χ2v) is 9.77. The summed E-state index contributed by atoms with van der Waals surface area (Å²) in [5.41, 5.74) is 0.923. The zero-order valence-electron chi connectivity index (χ0n) is 16.2. The van der Waals surface area contributed by atoms with Crippen molar-refractivity contribution in [3.05, 3.63) is 57.6 Å². The molecule has 0 saturated carbocycles. The number of halogens is 2. The Morgan fingerprint density at radius 1 is 1.07 bits per heavy atom. The van der Waals surface area contributed by atoms with Crippen molar-refractivity contribution in [1.82, 2.24) is 4.31 Å². The summed E-state index contributed by atoms with van der Waals surface area (Å²) in [4.78, 5) is 12.4. The van der Waals surface area contributed by atoms with E-state index in [-0.39, 0.29) is 51.6 Å². The van der Waals surface area contributed by atoms with Gasteiger partial charge >= 0.3 is 5.97 Å². The highest BCUT2D eigenvalue weighted by Crippen LogP contribution is 2.30. The number of ether oxygens (including phenoxy) is 2. The molecule has 2 aromatic carbocycles. The third kappa shape index (κ3) is 4.92. The topological polar surface area (TPSA) is 72.9 Å². The molecule has 9 heteroatoms. The van der Waals surface area contributed by atoms with Crippen molar-refractivity contribution in [1.29, 1.82) is 0 Å². The van der Waals surface area contributed by atoms with E-state index in [0.717, 1.165) is 5.56 Å². The Hall–Kier alpha value is -1.64. The Balaban J connectivity index is 1.91. The van der Waals surface area contributed by atoms with Crippen molar-refractivity contribution >= 4 is 39.2 Å². The van der Waals surface area contributed by atoms with Crippen molar-refractivity contribution in [2.75, 3.05) is 13.1 Å².